The topological polar surface area (TPSA) is 69.9 Å². The van der Waals surface area contributed by atoms with Gasteiger partial charge in [-0.15, -0.1) is 0 Å². The first kappa shape index (κ1) is 18.9. The molecule has 0 radical (unpaired) electrons. The van der Waals surface area contributed by atoms with Gasteiger partial charge >= 0.3 is 0 Å². The summed E-state index contributed by atoms with van der Waals surface area (Å²) in [7, 11) is 2.16. The van der Waals surface area contributed by atoms with Crippen molar-refractivity contribution in [2.45, 2.75) is 0 Å². The number of imidazole rings is 1. The number of amides is 2. The molecule has 2 amide bonds. The van der Waals surface area contributed by atoms with Crippen LogP contribution in [0.15, 0.2) is 53.7 Å². The molecule has 2 aliphatic rings. The van der Waals surface area contributed by atoms with Crippen molar-refractivity contribution in [1.29, 1.82) is 0 Å². The van der Waals surface area contributed by atoms with E-state index in [0.29, 0.717) is 4.91 Å². The minimum atomic E-state index is -0.351. The van der Waals surface area contributed by atoms with E-state index >= 15 is 0 Å². The van der Waals surface area contributed by atoms with Gasteiger partial charge in [0.05, 0.1) is 16.8 Å². The van der Waals surface area contributed by atoms with Crippen molar-refractivity contribution < 1.29 is 9.59 Å². The number of piperazine rings is 1. The molecule has 0 unspecified atom stereocenters. The summed E-state index contributed by atoms with van der Waals surface area (Å²) in [5.41, 5.74) is 4.96. The molecule has 0 atom stereocenters. The molecule has 0 saturated carbocycles. The van der Waals surface area contributed by atoms with E-state index in [9.17, 15) is 9.59 Å². The van der Waals surface area contributed by atoms with Gasteiger partial charge in [-0.1, -0.05) is 12.1 Å². The minimum Gasteiger partial charge on any atom is -0.369 e. The van der Waals surface area contributed by atoms with Gasteiger partial charge in [-0.3, -0.25) is 19.3 Å². The van der Waals surface area contributed by atoms with E-state index in [1.54, 1.807) is 6.08 Å². The number of fused-ring (bicyclic) bond motifs is 1. The summed E-state index contributed by atoms with van der Waals surface area (Å²) >= 11 is 0.922. The predicted octanol–water partition coefficient (Wildman–Crippen LogP) is 3.08. The summed E-state index contributed by atoms with van der Waals surface area (Å²) in [5.74, 6) is -0.351. The fourth-order valence-corrected chi connectivity index (χ4v) is 4.48. The number of likely N-dealkylation sites (N-methyl/N-ethyl adjacent to an activating group) is 1. The zero-order chi connectivity index (χ0) is 20.7. The Morgan fingerprint density at radius 1 is 1.10 bits per heavy atom. The Balaban J connectivity index is 1.49. The van der Waals surface area contributed by atoms with Crippen LogP contribution in [0.2, 0.25) is 0 Å². The lowest BCUT2D eigenvalue weighted by molar-refractivity contribution is -0.115. The maximum absolute atomic E-state index is 11.9. The highest BCUT2D eigenvalue weighted by Crippen LogP contribution is 2.28. The van der Waals surface area contributed by atoms with Gasteiger partial charge in [0.25, 0.3) is 11.1 Å². The fraction of sp³-hybridized carbons (Fsp3) is 0.227. The highest BCUT2D eigenvalue weighted by Gasteiger charge is 2.25. The van der Waals surface area contributed by atoms with Crippen molar-refractivity contribution in [2.75, 3.05) is 38.1 Å². The molecule has 5 rings (SSSR count). The zero-order valence-corrected chi connectivity index (χ0v) is 17.4. The predicted molar refractivity (Wildman–Crippen MR) is 119 cm³/mol. The number of benzene rings is 1. The molecule has 2 aliphatic heterocycles. The van der Waals surface area contributed by atoms with E-state index in [1.165, 1.54) is 5.69 Å². The Kier molecular flexibility index (Phi) is 4.80. The Bertz CT molecular complexity index is 1180. The van der Waals surface area contributed by atoms with Crippen molar-refractivity contribution in [3.63, 3.8) is 0 Å². The number of nitrogens with one attached hydrogen (secondary N) is 1. The van der Waals surface area contributed by atoms with Gasteiger partial charge < -0.3 is 9.80 Å². The number of rotatable bonds is 3. The molecule has 1 N–H and O–H groups in total. The lowest BCUT2D eigenvalue weighted by Crippen LogP contribution is -2.44. The summed E-state index contributed by atoms with van der Waals surface area (Å²) < 4.78 is 2.02. The van der Waals surface area contributed by atoms with Crippen molar-refractivity contribution in [3.8, 4) is 11.3 Å². The van der Waals surface area contributed by atoms with Gasteiger partial charge in [0.1, 0.15) is 5.65 Å². The number of carbonyl (C=O) groups is 2. The van der Waals surface area contributed by atoms with Crippen molar-refractivity contribution in [1.82, 2.24) is 19.6 Å². The summed E-state index contributed by atoms with van der Waals surface area (Å²) in [6, 6.07) is 12.3. The third kappa shape index (κ3) is 3.59. The number of nitrogens with zero attached hydrogens (tertiary/aromatic N) is 4. The average Bonchev–Trinajstić information content (AvgIpc) is 3.31. The van der Waals surface area contributed by atoms with Crippen LogP contribution in [0.25, 0.3) is 23.0 Å². The van der Waals surface area contributed by atoms with Crippen LogP contribution >= 0.6 is 11.8 Å². The van der Waals surface area contributed by atoms with Gasteiger partial charge in [-0.2, -0.15) is 0 Å². The van der Waals surface area contributed by atoms with Crippen LogP contribution in [0, 0.1) is 0 Å². The number of pyridine rings is 1. The quantitative estimate of drug-likeness (QED) is 0.658. The molecule has 0 spiro atoms. The third-order valence-corrected chi connectivity index (χ3v) is 6.29. The second kappa shape index (κ2) is 7.62. The van der Waals surface area contributed by atoms with Crippen molar-refractivity contribution in [3.05, 3.63) is 59.3 Å². The SMILES string of the molecule is CN1CCN(c2cccc(-c3cnc4ccc(C=C5SC(=O)NC5=O)cn34)c2)CC1. The monoisotopic (exact) mass is 419 g/mol. The molecule has 2 saturated heterocycles. The summed E-state index contributed by atoms with van der Waals surface area (Å²) in [6.45, 7) is 4.16. The molecule has 152 valence electrons. The molecule has 4 heterocycles. The molecule has 7 nitrogen and oxygen atoms in total. The number of imide groups is 1. The summed E-state index contributed by atoms with van der Waals surface area (Å²) in [4.78, 5) is 33.0. The van der Waals surface area contributed by atoms with E-state index in [1.807, 2.05) is 28.9 Å². The van der Waals surface area contributed by atoms with Gasteiger partial charge in [-0.25, -0.2) is 4.98 Å². The molecular formula is C22H21N5O2S. The van der Waals surface area contributed by atoms with Crippen molar-refractivity contribution in [2.24, 2.45) is 0 Å². The highest BCUT2D eigenvalue weighted by molar-refractivity contribution is 8.18. The maximum Gasteiger partial charge on any atom is 0.290 e. The smallest absolute Gasteiger partial charge is 0.290 e. The molecule has 0 bridgehead atoms. The summed E-state index contributed by atoms with van der Waals surface area (Å²) in [6.07, 6.45) is 5.55. The standard InChI is InChI=1S/C22H21N5O2S/c1-25-7-9-26(10-8-25)17-4-2-3-16(12-17)18-13-23-20-6-5-15(14-27(18)20)11-19-21(28)24-22(29)30-19/h2-6,11-14H,7-10H2,1H3,(H,24,28,29). The summed E-state index contributed by atoms with van der Waals surface area (Å²) in [5, 5.41) is 1.95. The molecular weight excluding hydrogens is 398 g/mol. The normalized spacial score (nSPS) is 19.1. The number of hydrogen-bond donors (Lipinski definition) is 1. The number of hydrogen-bond acceptors (Lipinski definition) is 6. The molecule has 30 heavy (non-hydrogen) atoms. The Morgan fingerprint density at radius 3 is 2.70 bits per heavy atom. The lowest BCUT2D eigenvalue weighted by Gasteiger charge is -2.34. The number of aromatic nitrogens is 2. The lowest BCUT2D eigenvalue weighted by atomic mass is 10.1. The van der Waals surface area contributed by atoms with E-state index < -0.39 is 0 Å². The first-order valence-electron chi connectivity index (χ1n) is 9.83. The van der Waals surface area contributed by atoms with Crippen LogP contribution in [0.4, 0.5) is 10.5 Å². The fourth-order valence-electron chi connectivity index (χ4n) is 3.79. The molecule has 0 aliphatic carbocycles. The number of anilines is 1. The van der Waals surface area contributed by atoms with Gasteiger partial charge in [0.2, 0.25) is 0 Å². The highest BCUT2D eigenvalue weighted by atomic mass is 32.2. The zero-order valence-electron chi connectivity index (χ0n) is 16.5. The van der Waals surface area contributed by atoms with E-state index in [-0.39, 0.29) is 11.1 Å². The molecule has 2 aromatic heterocycles. The first-order chi connectivity index (χ1) is 14.6. The van der Waals surface area contributed by atoms with E-state index in [2.05, 4.69) is 51.4 Å². The van der Waals surface area contributed by atoms with Crippen LogP contribution in [0.3, 0.4) is 0 Å². The molecule has 1 aromatic carbocycles. The largest absolute Gasteiger partial charge is 0.369 e. The van der Waals surface area contributed by atoms with Gasteiger partial charge in [0, 0.05) is 43.6 Å². The Labute approximate surface area is 178 Å². The van der Waals surface area contributed by atoms with E-state index in [0.717, 1.165) is 60.4 Å². The first-order valence-corrected chi connectivity index (χ1v) is 10.6. The Morgan fingerprint density at radius 2 is 1.93 bits per heavy atom. The second-order valence-electron chi connectivity index (χ2n) is 7.53. The van der Waals surface area contributed by atoms with Crippen LogP contribution in [0.5, 0.6) is 0 Å². The second-order valence-corrected chi connectivity index (χ2v) is 8.54. The molecule has 2 fully saturated rings. The number of thioether (sulfide) groups is 1. The Hall–Kier alpha value is -3.10. The average molecular weight is 420 g/mol. The van der Waals surface area contributed by atoms with Crippen LogP contribution < -0.4 is 10.2 Å². The molecule has 3 aromatic rings. The maximum atomic E-state index is 11.9. The number of carbonyl (C=O) groups excluding carboxylic acids is 2. The van der Waals surface area contributed by atoms with Crippen LogP contribution in [-0.4, -0.2) is 58.7 Å². The minimum absolute atomic E-state index is 0.337. The molecule has 8 heteroatoms. The van der Waals surface area contributed by atoms with E-state index in [4.69, 9.17) is 0 Å². The third-order valence-electron chi connectivity index (χ3n) is 5.48. The van der Waals surface area contributed by atoms with Crippen molar-refractivity contribution >= 4 is 40.3 Å². The van der Waals surface area contributed by atoms with Gasteiger partial charge in [0.15, 0.2) is 0 Å². The van der Waals surface area contributed by atoms with Crippen LogP contribution in [-0.2, 0) is 4.79 Å². The van der Waals surface area contributed by atoms with Crippen LogP contribution in [0.1, 0.15) is 5.56 Å². The van der Waals surface area contributed by atoms with Gasteiger partial charge in [-0.05, 0) is 54.7 Å².